The molecule has 1 aromatic heterocycles. The van der Waals surface area contributed by atoms with Gasteiger partial charge in [-0.15, -0.1) is 5.10 Å². The average molecular weight is 429 g/mol. The number of rotatable bonds is 11. The smallest absolute Gasteiger partial charge is 0.248 e. The van der Waals surface area contributed by atoms with E-state index in [1.165, 1.54) is 11.5 Å². The van der Waals surface area contributed by atoms with Gasteiger partial charge < -0.3 is 25.6 Å². The summed E-state index contributed by atoms with van der Waals surface area (Å²) < 4.78 is 15.1. The Morgan fingerprint density at radius 2 is 1.80 bits per heavy atom. The Morgan fingerprint density at radius 1 is 1.13 bits per heavy atom. The fourth-order valence-electron chi connectivity index (χ4n) is 2.68. The normalized spacial score (nSPS) is 11.8. The minimum absolute atomic E-state index is 0.180. The second kappa shape index (κ2) is 10.7. The summed E-state index contributed by atoms with van der Waals surface area (Å²) in [4.78, 5) is 12.1. The van der Waals surface area contributed by atoms with E-state index in [1.54, 1.807) is 24.3 Å². The van der Waals surface area contributed by atoms with Gasteiger partial charge in [-0.05, 0) is 67.0 Å². The van der Waals surface area contributed by atoms with Crippen molar-refractivity contribution < 1.29 is 19.4 Å². The number of carbonyl (C=O) groups is 1. The monoisotopic (exact) mass is 428 g/mol. The van der Waals surface area contributed by atoms with E-state index in [1.807, 2.05) is 31.2 Å². The number of hydrogen-bond acceptors (Lipinski definition) is 8. The van der Waals surface area contributed by atoms with Gasteiger partial charge in [-0.25, -0.2) is 0 Å². The van der Waals surface area contributed by atoms with Crippen LogP contribution in [0.2, 0.25) is 0 Å². The lowest BCUT2D eigenvalue weighted by atomic mass is 10.1. The summed E-state index contributed by atoms with van der Waals surface area (Å²) in [5.74, 6) is 0.862. The number of nitrogens with zero attached hydrogens (tertiary/aromatic N) is 2. The third-order valence-corrected chi connectivity index (χ3v) is 4.92. The number of hydrogen-bond donors (Lipinski definition) is 3. The van der Waals surface area contributed by atoms with Crippen LogP contribution in [0, 0.1) is 6.92 Å². The molecule has 0 aliphatic carbocycles. The highest BCUT2D eigenvalue weighted by atomic mass is 32.1. The first kappa shape index (κ1) is 21.7. The topological polar surface area (TPSA) is 120 Å². The lowest BCUT2D eigenvalue weighted by Crippen LogP contribution is -2.33. The van der Waals surface area contributed by atoms with Gasteiger partial charge in [-0.3, -0.25) is 4.79 Å². The SMILES string of the molecule is Cc1snnc1-c1ccc(OCC(O)CNCCOc2ccc(C(N)=O)cc2)cc1. The highest BCUT2D eigenvalue weighted by Crippen LogP contribution is 2.25. The van der Waals surface area contributed by atoms with Gasteiger partial charge in [-0.1, -0.05) is 4.49 Å². The van der Waals surface area contributed by atoms with Gasteiger partial charge in [0.05, 0.1) is 4.88 Å². The highest BCUT2D eigenvalue weighted by molar-refractivity contribution is 7.05. The van der Waals surface area contributed by atoms with Crippen LogP contribution in [-0.2, 0) is 0 Å². The molecule has 1 unspecified atom stereocenters. The van der Waals surface area contributed by atoms with E-state index in [9.17, 15) is 9.90 Å². The number of nitrogens with one attached hydrogen (secondary N) is 1. The Bertz CT molecular complexity index is 944. The molecule has 0 saturated heterocycles. The molecular weight excluding hydrogens is 404 g/mol. The summed E-state index contributed by atoms with van der Waals surface area (Å²) in [6.45, 7) is 3.53. The average Bonchev–Trinajstić information content (AvgIpc) is 3.18. The minimum Gasteiger partial charge on any atom is -0.492 e. The molecule has 0 saturated carbocycles. The largest absolute Gasteiger partial charge is 0.492 e. The number of ether oxygens (including phenoxy) is 2. The van der Waals surface area contributed by atoms with Crippen LogP contribution in [0.1, 0.15) is 15.2 Å². The molecule has 0 fully saturated rings. The first-order valence-corrected chi connectivity index (χ1v) is 10.2. The van der Waals surface area contributed by atoms with Crippen molar-refractivity contribution >= 4 is 17.4 Å². The lowest BCUT2D eigenvalue weighted by molar-refractivity contribution is 0.1000. The van der Waals surface area contributed by atoms with Crippen molar-refractivity contribution in [2.24, 2.45) is 5.73 Å². The van der Waals surface area contributed by atoms with Crippen molar-refractivity contribution in [2.75, 3.05) is 26.3 Å². The molecule has 158 valence electrons. The van der Waals surface area contributed by atoms with Crippen molar-refractivity contribution in [3.8, 4) is 22.8 Å². The molecule has 3 rings (SSSR count). The number of primary amides is 1. The number of carbonyl (C=O) groups excluding carboxylic acids is 1. The standard InChI is InChI=1S/C21H24N4O4S/c1-14-20(24-25-30-14)15-2-6-19(7-3-15)29-13-17(26)12-23-10-11-28-18-8-4-16(5-9-18)21(22)27/h2-9,17,23,26H,10-13H2,1H3,(H2,22,27). The molecule has 0 aliphatic rings. The predicted molar refractivity (Wildman–Crippen MR) is 115 cm³/mol. The van der Waals surface area contributed by atoms with Crippen LogP contribution in [0.5, 0.6) is 11.5 Å². The fourth-order valence-corrected chi connectivity index (χ4v) is 3.17. The van der Waals surface area contributed by atoms with Gasteiger partial charge in [0.2, 0.25) is 5.91 Å². The summed E-state index contributed by atoms with van der Waals surface area (Å²) in [6, 6.07) is 14.2. The molecule has 0 spiro atoms. The van der Waals surface area contributed by atoms with E-state index in [2.05, 4.69) is 14.9 Å². The molecule has 3 aromatic rings. The molecule has 8 nitrogen and oxygen atoms in total. The quantitative estimate of drug-likeness (QED) is 0.400. The third kappa shape index (κ3) is 6.24. The lowest BCUT2D eigenvalue weighted by Gasteiger charge is -2.14. The maximum Gasteiger partial charge on any atom is 0.248 e. The Balaban J connectivity index is 1.31. The molecular formula is C21H24N4O4S. The Hall–Kier alpha value is -3.01. The number of aromatic nitrogens is 2. The van der Waals surface area contributed by atoms with E-state index in [0.717, 1.165) is 16.1 Å². The van der Waals surface area contributed by atoms with Gasteiger partial charge in [0, 0.05) is 24.2 Å². The molecule has 0 radical (unpaired) electrons. The van der Waals surface area contributed by atoms with Gasteiger partial charge >= 0.3 is 0 Å². The van der Waals surface area contributed by atoms with Crippen molar-refractivity contribution in [3.63, 3.8) is 0 Å². The molecule has 0 bridgehead atoms. The van der Waals surface area contributed by atoms with Crippen molar-refractivity contribution in [2.45, 2.75) is 13.0 Å². The molecule has 1 amide bonds. The first-order valence-electron chi connectivity index (χ1n) is 9.46. The zero-order valence-electron chi connectivity index (χ0n) is 16.6. The minimum atomic E-state index is -0.649. The Morgan fingerprint density at radius 3 is 2.43 bits per heavy atom. The fraction of sp³-hybridized carbons (Fsp3) is 0.286. The predicted octanol–water partition coefficient (Wildman–Crippen LogP) is 2.02. The first-order chi connectivity index (χ1) is 14.5. The molecule has 1 heterocycles. The van der Waals surface area contributed by atoms with Crippen LogP contribution in [0.15, 0.2) is 48.5 Å². The van der Waals surface area contributed by atoms with Gasteiger partial charge in [-0.2, -0.15) is 0 Å². The second-order valence-corrected chi connectivity index (χ2v) is 7.57. The van der Waals surface area contributed by atoms with Crippen LogP contribution in [0.4, 0.5) is 0 Å². The number of aliphatic hydroxyl groups excluding tert-OH is 1. The number of amides is 1. The van der Waals surface area contributed by atoms with Crippen LogP contribution >= 0.6 is 11.5 Å². The number of nitrogens with two attached hydrogens (primary N) is 1. The second-order valence-electron chi connectivity index (χ2n) is 6.61. The number of aryl methyl sites for hydroxylation is 1. The van der Waals surface area contributed by atoms with Crippen LogP contribution in [0.3, 0.4) is 0 Å². The number of benzene rings is 2. The summed E-state index contributed by atoms with van der Waals surface area (Å²) in [5, 5.41) is 17.3. The van der Waals surface area contributed by atoms with Gasteiger partial charge in [0.15, 0.2) is 0 Å². The molecule has 1 atom stereocenters. The van der Waals surface area contributed by atoms with E-state index in [0.29, 0.717) is 36.8 Å². The summed E-state index contributed by atoms with van der Waals surface area (Å²) in [6.07, 6.45) is -0.649. The summed E-state index contributed by atoms with van der Waals surface area (Å²) in [5.41, 5.74) is 7.50. The molecule has 0 aliphatic heterocycles. The maximum absolute atomic E-state index is 11.0. The Labute approximate surface area is 178 Å². The van der Waals surface area contributed by atoms with Crippen LogP contribution in [0.25, 0.3) is 11.3 Å². The molecule has 2 aromatic carbocycles. The van der Waals surface area contributed by atoms with E-state index >= 15 is 0 Å². The highest BCUT2D eigenvalue weighted by Gasteiger charge is 2.08. The third-order valence-electron chi connectivity index (χ3n) is 4.29. The molecule has 4 N–H and O–H groups in total. The van der Waals surface area contributed by atoms with Crippen molar-refractivity contribution in [1.82, 2.24) is 14.9 Å². The van der Waals surface area contributed by atoms with E-state index in [-0.39, 0.29) is 6.61 Å². The van der Waals surface area contributed by atoms with Crippen molar-refractivity contribution in [1.29, 1.82) is 0 Å². The molecule has 9 heteroatoms. The Kier molecular flexibility index (Phi) is 7.72. The van der Waals surface area contributed by atoms with E-state index in [4.69, 9.17) is 15.2 Å². The number of aliphatic hydroxyl groups is 1. The zero-order valence-corrected chi connectivity index (χ0v) is 17.4. The van der Waals surface area contributed by atoms with E-state index < -0.39 is 12.0 Å². The van der Waals surface area contributed by atoms with Crippen molar-refractivity contribution in [3.05, 3.63) is 59.0 Å². The van der Waals surface area contributed by atoms with Gasteiger partial charge in [0.25, 0.3) is 0 Å². The van der Waals surface area contributed by atoms with Gasteiger partial charge in [0.1, 0.15) is 36.5 Å². The summed E-state index contributed by atoms with van der Waals surface area (Å²) >= 11 is 1.37. The maximum atomic E-state index is 11.0. The molecule has 30 heavy (non-hydrogen) atoms. The zero-order chi connectivity index (χ0) is 21.3. The van der Waals surface area contributed by atoms with Crippen LogP contribution in [-0.4, -0.2) is 53.0 Å². The summed E-state index contributed by atoms with van der Waals surface area (Å²) in [7, 11) is 0. The van der Waals surface area contributed by atoms with Crippen LogP contribution < -0.4 is 20.5 Å².